The van der Waals surface area contributed by atoms with E-state index in [9.17, 15) is 4.79 Å². The van der Waals surface area contributed by atoms with Crippen molar-refractivity contribution in [3.63, 3.8) is 0 Å². The fourth-order valence-electron chi connectivity index (χ4n) is 2.49. The molecule has 0 aliphatic carbocycles. The van der Waals surface area contributed by atoms with Crippen LogP contribution in [0, 0.1) is 13.8 Å². The van der Waals surface area contributed by atoms with Crippen LogP contribution in [0.15, 0.2) is 30.6 Å². The molecule has 3 aromatic rings. The largest absolute Gasteiger partial charge is 0.347 e. The Hall–Kier alpha value is -2.96. The van der Waals surface area contributed by atoms with Gasteiger partial charge >= 0.3 is 0 Å². The van der Waals surface area contributed by atoms with E-state index in [1.165, 1.54) is 0 Å². The Morgan fingerprint density at radius 3 is 2.70 bits per heavy atom. The van der Waals surface area contributed by atoms with Gasteiger partial charge in [0.15, 0.2) is 0 Å². The summed E-state index contributed by atoms with van der Waals surface area (Å²) in [6.07, 6.45) is 3.40. The molecule has 0 spiro atoms. The van der Waals surface area contributed by atoms with Gasteiger partial charge in [0.1, 0.15) is 5.69 Å². The third kappa shape index (κ3) is 2.98. The maximum atomic E-state index is 12.2. The maximum Gasteiger partial charge on any atom is 0.269 e. The number of carbonyl (C=O) groups is 1. The van der Waals surface area contributed by atoms with Crippen molar-refractivity contribution in [2.45, 2.75) is 20.4 Å². The molecule has 0 bridgehead atoms. The molecule has 0 fully saturated rings. The van der Waals surface area contributed by atoms with Crippen LogP contribution in [0.3, 0.4) is 0 Å². The van der Waals surface area contributed by atoms with Crippen LogP contribution in [-0.4, -0.2) is 30.9 Å². The topological polar surface area (TPSA) is 88.5 Å². The molecule has 3 aromatic heterocycles. The molecule has 0 saturated heterocycles. The number of aryl methyl sites for hydroxylation is 2. The van der Waals surface area contributed by atoms with Crippen molar-refractivity contribution < 1.29 is 4.79 Å². The first-order valence-corrected chi connectivity index (χ1v) is 7.29. The molecular weight excluding hydrogens is 292 g/mol. The van der Waals surface area contributed by atoms with E-state index in [4.69, 9.17) is 0 Å². The molecule has 0 aliphatic heterocycles. The van der Waals surface area contributed by atoms with Gasteiger partial charge in [-0.15, -0.1) is 0 Å². The summed E-state index contributed by atoms with van der Waals surface area (Å²) < 4.78 is 1.81. The summed E-state index contributed by atoms with van der Waals surface area (Å²) >= 11 is 0. The fourth-order valence-corrected chi connectivity index (χ4v) is 2.49. The van der Waals surface area contributed by atoms with Crippen molar-refractivity contribution in [2.24, 2.45) is 7.05 Å². The minimum Gasteiger partial charge on any atom is -0.347 e. The maximum absolute atomic E-state index is 12.2. The predicted molar refractivity (Wildman–Crippen MR) is 85.7 cm³/mol. The number of nitrogens with one attached hydrogen (secondary N) is 2. The van der Waals surface area contributed by atoms with E-state index in [2.05, 4.69) is 25.6 Å². The Labute approximate surface area is 133 Å². The summed E-state index contributed by atoms with van der Waals surface area (Å²) in [5.74, 6) is -0.195. The van der Waals surface area contributed by atoms with Gasteiger partial charge in [0.2, 0.25) is 0 Å². The summed E-state index contributed by atoms with van der Waals surface area (Å²) in [5.41, 5.74) is 5.00. The van der Waals surface area contributed by atoms with E-state index >= 15 is 0 Å². The third-order valence-corrected chi connectivity index (χ3v) is 3.79. The lowest BCUT2D eigenvalue weighted by molar-refractivity contribution is 0.0946. The molecular formula is C16H18N6O. The number of rotatable bonds is 4. The number of amides is 1. The molecule has 0 unspecified atom stereocenters. The van der Waals surface area contributed by atoms with Crippen LogP contribution in [0.25, 0.3) is 11.3 Å². The van der Waals surface area contributed by atoms with Crippen molar-refractivity contribution >= 4 is 5.91 Å². The summed E-state index contributed by atoms with van der Waals surface area (Å²) in [7, 11) is 1.89. The zero-order chi connectivity index (χ0) is 16.4. The SMILES string of the molecule is Cc1nn(C)c(C)c1-c1cc(C(=O)NCc2ccncc2)[nH]n1. The van der Waals surface area contributed by atoms with Gasteiger partial charge in [0.25, 0.3) is 5.91 Å². The number of carbonyl (C=O) groups excluding carboxylic acids is 1. The highest BCUT2D eigenvalue weighted by atomic mass is 16.1. The predicted octanol–water partition coefficient (Wildman–Crippen LogP) is 1.75. The molecule has 7 nitrogen and oxygen atoms in total. The quantitative estimate of drug-likeness (QED) is 0.768. The number of nitrogens with zero attached hydrogens (tertiary/aromatic N) is 4. The van der Waals surface area contributed by atoms with E-state index in [1.807, 2.05) is 37.7 Å². The Kier molecular flexibility index (Phi) is 3.92. The Bertz CT molecular complexity index is 834. The fraction of sp³-hybridized carbons (Fsp3) is 0.250. The Morgan fingerprint density at radius 2 is 2.04 bits per heavy atom. The first-order chi connectivity index (χ1) is 11.1. The Balaban J connectivity index is 1.75. The first kappa shape index (κ1) is 15.0. The van der Waals surface area contributed by atoms with Crippen LogP contribution >= 0.6 is 0 Å². The number of aromatic amines is 1. The lowest BCUT2D eigenvalue weighted by Crippen LogP contribution is -2.23. The molecule has 23 heavy (non-hydrogen) atoms. The molecule has 3 heterocycles. The highest BCUT2D eigenvalue weighted by Gasteiger charge is 2.17. The molecule has 0 aromatic carbocycles. The van der Waals surface area contributed by atoms with E-state index in [0.717, 1.165) is 28.2 Å². The molecule has 0 radical (unpaired) electrons. The number of hydrogen-bond donors (Lipinski definition) is 2. The molecule has 1 amide bonds. The van der Waals surface area contributed by atoms with Gasteiger partial charge in [0.05, 0.1) is 11.4 Å². The van der Waals surface area contributed by atoms with Crippen LogP contribution in [0.1, 0.15) is 27.4 Å². The second-order valence-corrected chi connectivity index (χ2v) is 5.37. The monoisotopic (exact) mass is 310 g/mol. The van der Waals surface area contributed by atoms with Crippen molar-refractivity contribution in [1.82, 2.24) is 30.3 Å². The van der Waals surface area contributed by atoms with Gasteiger partial charge in [0, 0.05) is 37.2 Å². The van der Waals surface area contributed by atoms with Gasteiger partial charge < -0.3 is 5.32 Å². The summed E-state index contributed by atoms with van der Waals surface area (Å²) in [5, 5.41) is 14.3. The highest BCUT2D eigenvalue weighted by molar-refractivity contribution is 5.93. The minimum absolute atomic E-state index is 0.195. The van der Waals surface area contributed by atoms with E-state index in [1.54, 1.807) is 18.5 Å². The molecule has 0 aliphatic rings. The highest BCUT2D eigenvalue weighted by Crippen LogP contribution is 2.25. The zero-order valence-corrected chi connectivity index (χ0v) is 13.3. The molecule has 7 heteroatoms. The average molecular weight is 310 g/mol. The van der Waals surface area contributed by atoms with Gasteiger partial charge in [-0.25, -0.2) is 0 Å². The number of H-pyrrole nitrogens is 1. The lowest BCUT2D eigenvalue weighted by Gasteiger charge is -2.02. The van der Waals surface area contributed by atoms with Crippen molar-refractivity contribution in [2.75, 3.05) is 0 Å². The van der Waals surface area contributed by atoms with E-state index in [-0.39, 0.29) is 5.91 Å². The molecule has 3 rings (SSSR count). The second-order valence-electron chi connectivity index (χ2n) is 5.37. The van der Waals surface area contributed by atoms with Gasteiger partial charge in [-0.3, -0.25) is 19.6 Å². The van der Waals surface area contributed by atoms with Crippen molar-refractivity contribution in [3.8, 4) is 11.3 Å². The zero-order valence-electron chi connectivity index (χ0n) is 13.3. The molecule has 0 saturated carbocycles. The van der Waals surface area contributed by atoms with Crippen LogP contribution in [-0.2, 0) is 13.6 Å². The smallest absolute Gasteiger partial charge is 0.269 e. The van der Waals surface area contributed by atoms with Gasteiger partial charge in [-0.1, -0.05) is 0 Å². The summed E-state index contributed by atoms with van der Waals surface area (Å²) in [4.78, 5) is 16.2. The van der Waals surface area contributed by atoms with Crippen molar-refractivity contribution in [3.05, 3.63) is 53.2 Å². The first-order valence-electron chi connectivity index (χ1n) is 7.29. The summed E-state index contributed by atoms with van der Waals surface area (Å²) in [6, 6.07) is 5.47. The van der Waals surface area contributed by atoms with Crippen LogP contribution in [0.2, 0.25) is 0 Å². The Morgan fingerprint density at radius 1 is 1.30 bits per heavy atom. The number of hydrogen-bond acceptors (Lipinski definition) is 4. The molecule has 0 atom stereocenters. The normalized spacial score (nSPS) is 10.7. The van der Waals surface area contributed by atoms with Crippen LogP contribution in [0.5, 0.6) is 0 Å². The van der Waals surface area contributed by atoms with Gasteiger partial charge in [-0.05, 0) is 37.6 Å². The van der Waals surface area contributed by atoms with Crippen LogP contribution in [0.4, 0.5) is 0 Å². The standard InChI is InChI=1S/C16H18N6O/c1-10-15(11(2)22(3)21-10)13-8-14(20-19-13)16(23)18-9-12-4-6-17-7-5-12/h4-8H,9H2,1-3H3,(H,18,23)(H,19,20). The minimum atomic E-state index is -0.195. The third-order valence-electron chi connectivity index (χ3n) is 3.79. The number of pyridine rings is 1. The summed E-state index contributed by atoms with van der Waals surface area (Å²) in [6.45, 7) is 4.36. The average Bonchev–Trinajstić information content (AvgIpc) is 3.11. The van der Waals surface area contributed by atoms with Crippen LogP contribution < -0.4 is 5.32 Å². The van der Waals surface area contributed by atoms with Gasteiger partial charge in [-0.2, -0.15) is 10.2 Å². The van der Waals surface area contributed by atoms with Crippen molar-refractivity contribution in [1.29, 1.82) is 0 Å². The molecule has 118 valence electrons. The molecule has 2 N–H and O–H groups in total. The van der Waals surface area contributed by atoms with E-state index < -0.39 is 0 Å². The second kappa shape index (κ2) is 6.04. The number of aromatic nitrogens is 5. The lowest BCUT2D eigenvalue weighted by atomic mass is 10.1. The van der Waals surface area contributed by atoms with E-state index in [0.29, 0.717) is 12.2 Å².